The number of hydrogen-bond donors (Lipinski definition) is 2. The molecule has 1 aromatic heterocycles. The fourth-order valence-corrected chi connectivity index (χ4v) is 3.08. The third-order valence-corrected chi connectivity index (χ3v) is 4.36. The number of fused-ring (bicyclic) bond motifs is 1. The third-order valence-electron chi connectivity index (χ3n) is 4.36. The molecule has 23 heavy (non-hydrogen) atoms. The molecule has 2 aromatic rings. The molecule has 0 radical (unpaired) electrons. The van der Waals surface area contributed by atoms with Gasteiger partial charge in [-0.15, -0.1) is 0 Å². The lowest BCUT2D eigenvalue weighted by molar-refractivity contribution is 0.0928. The maximum atomic E-state index is 12.5. The fourth-order valence-electron chi connectivity index (χ4n) is 3.08. The first-order valence-corrected chi connectivity index (χ1v) is 8.19. The molecule has 0 bridgehead atoms. The highest BCUT2D eigenvalue weighted by Crippen LogP contribution is 2.28. The van der Waals surface area contributed by atoms with Crippen molar-refractivity contribution >= 4 is 5.91 Å². The highest BCUT2D eigenvalue weighted by Gasteiger charge is 2.27. The van der Waals surface area contributed by atoms with E-state index < -0.39 is 0 Å². The van der Waals surface area contributed by atoms with Crippen molar-refractivity contribution in [2.45, 2.75) is 45.6 Å². The number of nitrogens with zero attached hydrogens (tertiary/aromatic N) is 2. The molecule has 1 aliphatic rings. The van der Waals surface area contributed by atoms with Gasteiger partial charge >= 0.3 is 0 Å². The van der Waals surface area contributed by atoms with Crippen LogP contribution in [0.5, 0.6) is 0 Å². The van der Waals surface area contributed by atoms with Gasteiger partial charge in [0.15, 0.2) is 5.69 Å². The van der Waals surface area contributed by atoms with Crippen LogP contribution in [0.25, 0.3) is 5.69 Å². The molecule has 1 amide bonds. The molecular weight excluding hydrogens is 290 g/mol. The number of hydrogen-bond acceptors (Lipinski definition) is 3. The van der Waals surface area contributed by atoms with Gasteiger partial charge in [-0.1, -0.05) is 17.7 Å². The van der Waals surface area contributed by atoms with Crippen molar-refractivity contribution in [3.8, 4) is 5.69 Å². The second-order valence-corrected chi connectivity index (χ2v) is 6.26. The molecule has 1 unspecified atom stereocenters. The van der Waals surface area contributed by atoms with Crippen LogP contribution in [0, 0.1) is 6.92 Å². The van der Waals surface area contributed by atoms with Crippen molar-refractivity contribution < 1.29 is 9.90 Å². The van der Waals surface area contributed by atoms with Gasteiger partial charge in [-0.2, -0.15) is 5.10 Å². The van der Waals surface area contributed by atoms with E-state index in [4.69, 9.17) is 5.11 Å². The van der Waals surface area contributed by atoms with Gasteiger partial charge < -0.3 is 10.4 Å². The van der Waals surface area contributed by atoms with Gasteiger partial charge in [-0.05, 0) is 51.7 Å². The number of carbonyl (C=O) groups is 1. The van der Waals surface area contributed by atoms with Gasteiger partial charge in [-0.3, -0.25) is 4.79 Å². The van der Waals surface area contributed by atoms with E-state index in [2.05, 4.69) is 29.5 Å². The molecule has 0 saturated heterocycles. The van der Waals surface area contributed by atoms with Crippen LogP contribution in [0.1, 0.15) is 47.1 Å². The number of aliphatic hydroxyl groups is 1. The number of carbonyl (C=O) groups excluding carboxylic acids is 1. The number of aromatic nitrogens is 2. The Bertz CT molecular complexity index is 704. The van der Waals surface area contributed by atoms with E-state index in [1.165, 1.54) is 5.56 Å². The molecule has 1 heterocycles. The lowest BCUT2D eigenvalue weighted by Crippen LogP contribution is -2.34. The Hall–Kier alpha value is -2.14. The summed E-state index contributed by atoms with van der Waals surface area (Å²) in [6.45, 7) is 4.02. The van der Waals surface area contributed by atoms with Crippen molar-refractivity contribution in [1.82, 2.24) is 15.1 Å². The van der Waals surface area contributed by atoms with Crippen LogP contribution in [-0.2, 0) is 12.8 Å². The maximum Gasteiger partial charge on any atom is 0.272 e. The average Bonchev–Trinajstić information content (AvgIpc) is 3.10. The number of aliphatic hydroxyl groups excluding tert-OH is 1. The van der Waals surface area contributed by atoms with Gasteiger partial charge in [-0.25, -0.2) is 4.68 Å². The minimum atomic E-state index is -0.144. The second kappa shape index (κ2) is 6.54. The Labute approximate surface area is 136 Å². The van der Waals surface area contributed by atoms with Crippen LogP contribution < -0.4 is 5.32 Å². The summed E-state index contributed by atoms with van der Waals surface area (Å²) in [5.74, 6) is -0.144. The van der Waals surface area contributed by atoms with E-state index >= 15 is 0 Å². The van der Waals surface area contributed by atoms with E-state index in [-0.39, 0.29) is 18.6 Å². The van der Waals surface area contributed by atoms with Crippen molar-refractivity contribution in [2.75, 3.05) is 6.61 Å². The quantitative estimate of drug-likeness (QED) is 0.889. The van der Waals surface area contributed by atoms with Gasteiger partial charge in [0.05, 0.1) is 5.69 Å². The summed E-state index contributed by atoms with van der Waals surface area (Å²) >= 11 is 0. The first-order chi connectivity index (χ1) is 11.1. The molecule has 0 spiro atoms. The first-order valence-electron chi connectivity index (χ1n) is 8.19. The molecule has 0 saturated carbocycles. The number of benzene rings is 1. The Morgan fingerprint density at radius 1 is 1.35 bits per heavy atom. The summed E-state index contributed by atoms with van der Waals surface area (Å²) in [6.07, 6.45) is 3.46. The molecule has 1 aliphatic carbocycles. The zero-order valence-electron chi connectivity index (χ0n) is 13.7. The largest absolute Gasteiger partial charge is 0.396 e. The van der Waals surface area contributed by atoms with Crippen LogP contribution in [0.15, 0.2) is 24.3 Å². The van der Waals surface area contributed by atoms with Crippen molar-refractivity contribution in [1.29, 1.82) is 0 Å². The van der Waals surface area contributed by atoms with Crippen LogP contribution in [0.3, 0.4) is 0 Å². The molecule has 1 aromatic carbocycles. The predicted molar refractivity (Wildman–Crippen MR) is 89.0 cm³/mol. The van der Waals surface area contributed by atoms with Crippen molar-refractivity contribution in [3.63, 3.8) is 0 Å². The minimum Gasteiger partial charge on any atom is -0.396 e. The fraction of sp³-hybridized carbons (Fsp3) is 0.444. The smallest absolute Gasteiger partial charge is 0.272 e. The number of rotatable bonds is 5. The van der Waals surface area contributed by atoms with E-state index in [0.717, 1.165) is 36.2 Å². The topological polar surface area (TPSA) is 67.2 Å². The number of aryl methyl sites for hydroxylation is 1. The lowest BCUT2D eigenvalue weighted by Gasteiger charge is -2.11. The zero-order valence-corrected chi connectivity index (χ0v) is 13.7. The first kappa shape index (κ1) is 15.7. The second-order valence-electron chi connectivity index (χ2n) is 6.26. The van der Waals surface area contributed by atoms with Gasteiger partial charge in [0.2, 0.25) is 0 Å². The summed E-state index contributed by atoms with van der Waals surface area (Å²) in [5.41, 5.74) is 4.94. The molecule has 2 N–H and O–H groups in total. The summed E-state index contributed by atoms with van der Waals surface area (Å²) in [6, 6.07) is 8.13. The van der Waals surface area contributed by atoms with Crippen LogP contribution in [0.2, 0.25) is 0 Å². The van der Waals surface area contributed by atoms with Crippen LogP contribution in [-0.4, -0.2) is 33.4 Å². The van der Waals surface area contributed by atoms with E-state index in [9.17, 15) is 4.79 Å². The normalized spacial score (nSPS) is 14.6. The molecular formula is C18H23N3O2. The molecule has 0 aliphatic heterocycles. The maximum absolute atomic E-state index is 12.5. The highest BCUT2D eigenvalue weighted by atomic mass is 16.3. The summed E-state index contributed by atoms with van der Waals surface area (Å²) in [4.78, 5) is 12.5. The standard InChI is InChI=1S/C18H23N3O2/c1-12-6-8-14(9-7-12)21-16-5-3-4-15(16)17(20-21)18(23)19-13(2)10-11-22/h6-9,13,22H,3-5,10-11H2,1-2H3,(H,19,23). The van der Waals surface area contributed by atoms with Gasteiger partial charge in [0.1, 0.15) is 0 Å². The third kappa shape index (κ3) is 3.15. The summed E-state index contributed by atoms with van der Waals surface area (Å²) in [5, 5.41) is 16.5. The molecule has 5 nitrogen and oxygen atoms in total. The molecule has 122 valence electrons. The van der Waals surface area contributed by atoms with Gasteiger partial charge in [0, 0.05) is 23.9 Å². The summed E-state index contributed by atoms with van der Waals surface area (Å²) < 4.78 is 1.91. The SMILES string of the molecule is Cc1ccc(-n2nc(C(=O)NC(C)CCO)c3c2CCC3)cc1. The monoisotopic (exact) mass is 313 g/mol. The van der Waals surface area contributed by atoms with Gasteiger partial charge in [0.25, 0.3) is 5.91 Å². The Balaban J connectivity index is 1.92. The highest BCUT2D eigenvalue weighted by molar-refractivity contribution is 5.94. The predicted octanol–water partition coefficient (Wildman–Crippen LogP) is 2.17. The number of amides is 1. The van der Waals surface area contributed by atoms with Crippen molar-refractivity contribution in [3.05, 3.63) is 46.8 Å². The van der Waals surface area contributed by atoms with E-state index in [1.54, 1.807) is 0 Å². The molecule has 1 atom stereocenters. The van der Waals surface area contributed by atoms with E-state index in [0.29, 0.717) is 12.1 Å². The molecule has 0 fully saturated rings. The lowest BCUT2D eigenvalue weighted by atomic mass is 10.1. The Morgan fingerprint density at radius 2 is 2.09 bits per heavy atom. The van der Waals surface area contributed by atoms with Crippen LogP contribution in [0.4, 0.5) is 0 Å². The van der Waals surface area contributed by atoms with Crippen molar-refractivity contribution in [2.24, 2.45) is 0 Å². The van der Waals surface area contributed by atoms with Crippen LogP contribution >= 0.6 is 0 Å². The Kier molecular flexibility index (Phi) is 4.48. The zero-order chi connectivity index (χ0) is 16.4. The van der Waals surface area contributed by atoms with E-state index in [1.807, 2.05) is 23.7 Å². The minimum absolute atomic E-state index is 0.0610. The number of nitrogens with one attached hydrogen (secondary N) is 1. The molecule has 5 heteroatoms. The molecule has 3 rings (SSSR count). The average molecular weight is 313 g/mol. The Morgan fingerprint density at radius 3 is 2.78 bits per heavy atom. The summed E-state index contributed by atoms with van der Waals surface area (Å²) in [7, 11) is 0.